The Balaban J connectivity index is 2.48. The molecule has 116 valence electrons. The first-order valence-electron chi connectivity index (χ1n) is 5.93. The molecule has 0 aliphatic carbocycles. The number of rotatable bonds is 4. The van der Waals surface area contributed by atoms with Crippen LogP contribution in [0.5, 0.6) is 5.75 Å². The van der Waals surface area contributed by atoms with Gasteiger partial charge >= 0.3 is 0 Å². The first-order chi connectivity index (χ1) is 10.3. The molecule has 2 rings (SSSR count). The molecular formula is C13H12ClN3O4S. The molecule has 22 heavy (non-hydrogen) atoms. The van der Waals surface area contributed by atoms with Gasteiger partial charge in [-0.15, -0.1) is 5.11 Å². The van der Waals surface area contributed by atoms with E-state index >= 15 is 0 Å². The van der Waals surface area contributed by atoms with E-state index in [1.165, 1.54) is 7.11 Å². The van der Waals surface area contributed by atoms with E-state index in [4.69, 9.17) is 26.6 Å². The third-order valence-corrected chi connectivity index (χ3v) is 3.78. The zero-order chi connectivity index (χ0) is 16.3. The third kappa shape index (κ3) is 3.73. The van der Waals surface area contributed by atoms with Crippen molar-refractivity contribution >= 4 is 38.8 Å². The molecule has 3 N–H and O–H groups in total. The van der Waals surface area contributed by atoms with Crippen molar-refractivity contribution in [2.75, 3.05) is 12.8 Å². The smallest absolute Gasteiger partial charge is 0.294 e. The summed E-state index contributed by atoms with van der Waals surface area (Å²) in [7, 11) is -3.06. The molecule has 0 bridgehead atoms. The van der Waals surface area contributed by atoms with Crippen molar-refractivity contribution in [2.45, 2.75) is 4.90 Å². The van der Waals surface area contributed by atoms with E-state index in [9.17, 15) is 8.42 Å². The quantitative estimate of drug-likeness (QED) is 0.501. The standard InChI is InChI=1S/C13H12ClN3O4S/c1-21-13-11(14)6-10(22(18,19)20)7-12(13)17-16-9-4-2-8(15)3-5-9/h2-7H,15H2,1H3,(H,18,19,20). The Bertz CT molecular complexity index is 820. The molecular weight excluding hydrogens is 330 g/mol. The van der Waals surface area contributed by atoms with Gasteiger partial charge in [-0.1, -0.05) is 11.6 Å². The van der Waals surface area contributed by atoms with E-state index in [1.54, 1.807) is 24.3 Å². The molecule has 0 saturated carbocycles. The second-order valence-electron chi connectivity index (χ2n) is 4.22. The number of anilines is 1. The molecule has 9 heteroatoms. The van der Waals surface area contributed by atoms with Crippen molar-refractivity contribution in [3.8, 4) is 5.75 Å². The zero-order valence-electron chi connectivity index (χ0n) is 11.4. The number of ether oxygens (including phenoxy) is 1. The Morgan fingerprint density at radius 1 is 1.18 bits per heavy atom. The number of nitrogens with zero attached hydrogens (tertiary/aromatic N) is 2. The summed E-state index contributed by atoms with van der Waals surface area (Å²) in [4.78, 5) is -0.399. The van der Waals surface area contributed by atoms with Gasteiger partial charge in [-0.3, -0.25) is 4.55 Å². The number of methoxy groups -OCH3 is 1. The second kappa shape index (κ2) is 6.30. The lowest BCUT2D eigenvalue weighted by Crippen LogP contribution is -1.98. The number of nitrogen functional groups attached to an aromatic ring is 1. The highest BCUT2D eigenvalue weighted by Gasteiger charge is 2.17. The van der Waals surface area contributed by atoms with Gasteiger partial charge in [0.25, 0.3) is 10.1 Å². The van der Waals surface area contributed by atoms with Gasteiger partial charge in [-0.05, 0) is 36.4 Å². The summed E-state index contributed by atoms with van der Waals surface area (Å²) in [6, 6.07) is 8.75. The molecule has 0 amide bonds. The summed E-state index contributed by atoms with van der Waals surface area (Å²) in [5.74, 6) is 0.147. The zero-order valence-corrected chi connectivity index (χ0v) is 13.0. The van der Waals surface area contributed by atoms with Crippen LogP contribution in [0.2, 0.25) is 5.02 Å². The molecule has 7 nitrogen and oxygen atoms in total. The second-order valence-corrected chi connectivity index (χ2v) is 6.05. The first kappa shape index (κ1) is 16.2. The summed E-state index contributed by atoms with van der Waals surface area (Å²) in [5, 5.41) is 7.85. The average molecular weight is 342 g/mol. The van der Waals surface area contributed by atoms with Crippen LogP contribution in [0.15, 0.2) is 51.5 Å². The van der Waals surface area contributed by atoms with Crippen molar-refractivity contribution in [1.29, 1.82) is 0 Å². The van der Waals surface area contributed by atoms with Crippen LogP contribution in [0.4, 0.5) is 17.1 Å². The highest BCUT2D eigenvalue weighted by Crippen LogP contribution is 2.38. The molecule has 0 unspecified atom stereocenters. The van der Waals surface area contributed by atoms with E-state index in [0.29, 0.717) is 11.4 Å². The minimum Gasteiger partial charge on any atom is -0.493 e. The molecule has 0 aliphatic heterocycles. The van der Waals surface area contributed by atoms with E-state index in [0.717, 1.165) is 12.1 Å². The van der Waals surface area contributed by atoms with Crippen LogP contribution >= 0.6 is 11.6 Å². The predicted octanol–water partition coefficient (Wildman–Crippen LogP) is 3.59. The van der Waals surface area contributed by atoms with Crippen LogP contribution in [0.1, 0.15) is 0 Å². The molecule has 2 aromatic carbocycles. The fourth-order valence-electron chi connectivity index (χ4n) is 1.63. The van der Waals surface area contributed by atoms with Gasteiger partial charge in [0.2, 0.25) is 0 Å². The Labute approximate surface area is 132 Å². The molecule has 0 atom stereocenters. The van der Waals surface area contributed by atoms with Crippen LogP contribution in [-0.2, 0) is 10.1 Å². The Hall–Kier alpha value is -2.16. The maximum Gasteiger partial charge on any atom is 0.294 e. The number of halogens is 1. The lowest BCUT2D eigenvalue weighted by Gasteiger charge is -2.07. The van der Waals surface area contributed by atoms with Crippen molar-refractivity contribution in [3.63, 3.8) is 0 Å². The topological polar surface area (TPSA) is 114 Å². The third-order valence-electron chi connectivity index (χ3n) is 2.67. The van der Waals surface area contributed by atoms with Crippen molar-refractivity contribution in [3.05, 3.63) is 41.4 Å². The number of benzene rings is 2. The van der Waals surface area contributed by atoms with Gasteiger partial charge in [-0.2, -0.15) is 13.5 Å². The highest BCUT2D eigenvalue weighted by molar-refractivity contribution is 7.85. The van der Waals surface area contributed by atoms with E-state index in [-0.39, 0.29) is 16.5 Å². The molecule has 0 spiro atoms. The fourth-order valence-corrected chi connectivity index (χ4v) is 2.52. The Morgan fingerprint density at radius 2 is 1.82 bits per heavy atom. The Morgan fingerprint density at radius 3 is 2.36 bits per heavy atom. The fraction of sp³-hybridized carbons (Fsp3) is 0.0769. The van der Waals surface area contributed by atoms with Gasteiger partial charge in [0.15, 0.2) is 5.75 Å². The van der Waals surface area contributed by atoms with Crippen LogP contribution in [0, 0.1) is 0 Å². The molecule has 0 aromatic heterocycles. The van der Waals surface area contributed by atoms with Gasteiger partial charge in [0, 0.05) is 5.69 Å². The van der Waals surface area contributed by atoms with Crippen molar-refractivity contribution in [1.82, 2.24) is 0 Å². The maximum absolute atomic E-state index is 11.2. The largest absolute Gasteiger partial charge is 0.493 e. The van der Waals surface area contributed by atoms with Gasteiger partial charge in [-0.25, -0.2) is 0 Å². The van der Waals surface area contributed by atoms with Gasteiger partial charge in [0.05, 0.1) is 22.7 Å². The number of hydrogen-bond acceptors (Lipinski definition) is 6. The minimum absolute atomic E-state index is 0.0103. The summed E-state index contributed by atoms with van der Waals surface area (Å²) in [6.45, 7) is 0. The number of azo groups is 1. The molecule has 0 aliphatic rings. The average Bonchev–Trinajstić information content (AvgIpc) is 2.45. The monoisotopic (exact) mass is 341 g/mol. The molecule has 0 radical (unpaired) electrons. The summed E-state index contributed by atoms with van der Waals surface area (Å²) >= 11 is 5.92. The van der Waals surface area contributed by atoms with E-state index in [2.05, 4.69) is 10.2 Å². The summed E-state index contributed by atoms with van der Waals surface area (Å²) < 4.78 is 36.6. The van der Waals surface area contributed by atoms with Crippen LogP contribution in [0.3, 0.4) is 0 Å². The van der Waals surface area contributed by atoms with Crippen molar-refractivity contribution in [2.24, 2.45) is 10.2 Å². The number of hydrogen-bond donors (Lipinski definition) is 2. The normalized spacial score (nSPS) is 11.8. The number of nitrogens with two attached hydrogens (primary N) is 1. The predicted molar refractivity (Wildman–Crippen MR) is 82.8 cm³/mol. The highest BCUT2D eigenvalue weighted by atomic mass is 35.5. The van der Waals surface area contributed by atoms with Crippen LogP contribution < -0.4 is 10.5 Å². The van der Waals surface area contributed by atoms with E-state index in [1.807, 2.05) is 0 Å². The van der Waals surface area contributed by atoms with Crippen LogP contribution in [0.25, 0.3) is 0 Å². The molecule has 2 aromatic rings. The Kier molecular flexibility index (Phi) is 4.65. The van der Waals surface area contributed by atoms with E-state index < -0.39 is 15.0 Å². The van der Waals surface area contributed by atoms with Gasteiger partial charge in [0.1, 0.15) is 5.69 Å². The summed E-state index contributed by atoms with van der Waals surface area (Å²) in [5.41, 5.74) is 6.71. The molecule has 0 saturated heterocycles. The first-order valence-corrected chi connectivity index (χ1v) is 7.75. The SMILES string of the molecule is COc1c(Cl)cc(S(=O)(=O)O)cc1N=Nc1ccc(N)cc1. The maximum atomic E-state index is 11.2. The van der Waals surface area contributed by atoms with Crippen LogP contribution in [-0.4, -0.2) is 20.1 Å². The molecule has 0 fully saturated rings. The molecule has 0 heterocycles. The summed E-state index contributed by atoms with van der Waals surface area (Å²) in [6.07, 6.45) is 0. The minimum atomic E-state index is -4.42. The van der Waals surface area contributed by atoms with Gasteiger partial charge < -0.3 is 10.5 Å². The van der Waals surface area contributed by atoms with Crippen molar-refractivity contribution < 1.29 is 17.7 Å². The lowest BCUT2D eigenvalue weighted by atomic mass is 10.3. The lowest BCUT2D eigenvalue weighted by molar-refractivity contribution is 0.415.